The van der Waals surface area contributed by atoms with Gasteiger partial charge >= 0.3 is 6.01 Å². The zero-order valence-corrected chi connectivity index (χ0v) is 15.7. The zero-order valence-electron chi connectivity index (χ0n) is 15.7. The first-order valence-electron chi connectivity index (χ1n) is 8.97. The van der Waals surface area contributed by atoms with Crippen LogP contribution in [0.3, 0.4) is 0 Å². The number of oxazole rings is 2. The van der Waals surface area contributed by atoms with Crippen molar-refractivity contribution in [2.45, 2.75) is 13.3 Å². The Bertz CT molecular complexity index is 1250. The summed E-state index contributed by atoms with van der Waals surface area (Å²) in [7, 11) is 0. The number of carbonyl (C=O) groups excluding carboxylic acids is 1. The van der Waals surface area contributed by atoms with Crippen molar-refractivity contribution in [3.05, 3.63) is 71.9 Å². The molecule has 4 aromatic rings. The molecule has 0 saturated carbocycles. The van der Waals surface area contributed by atoms with Gasteiger partial charge in [0.2, 0.25) is 5.76 Å². The highest BCUT2D eigenvalue weighted by molar-refractivity contribution is 6.05. The minimum Gasteiger partial charge on any atom is -0.435 e. The van der Waals surface area contributed by atoms with Crippen molar-refractivity contribution in [3.63, 3.8) is 0 Å². The molecule has 0 saturated heterocycles. The topological polar surface area (TPSA) is 118 Å². The maximum atomic E-state index is 13.2. The number of nitrogens with one attached hydrogen (secondary N) is 1. The second-order valence-corrected chi connectivity index (χ2v) is 6.16. The molecule has 0 unspecified atom stereocenters. The SMILES string of the molecule is CCc1nc(-c2ccc(F)cc2)c(C(=O)Nc2nc(-c3cccc(C#N)n3)co2)o1. The number of hydrogen-bond acceptors (Lipinski definition) is 7. The molecule has 9 heteroatoms. The van der Waals surface area contributed by atoms with Crippen LogP contribution < -0.4 is 5.32 Å². The van der Waals surface area contributed by atoms with Gasteiger partial charge < -0.3 is 8.83 Å². The second kappa shape index (κ2) is 7.97. The summed E-state index contributed by atoms with van der Waals surface area (Å²) in [6.07, 6.45) is 1.80. The Hall–Kier alpha value is -4.32. The molecular weight excluding hydrogens is 389 g/mol. The maximum absolute atomic E-state index is 13.2. The molecule has 0 aliphatic carbocycles. The van der Waals surface area contributed by atoms with E-state index in [1.807, 2.05) is 13.0 Å². The lowest BCUT2D eigenvalue weighted by Gasteiger charge is -2.01. The van der Waals surface area contributed by atoms with Crippen molar-refractivity contribution >= 4 is 11.9 Å². The summed E-state index contributed by atoms with van der Waals surface area (Å²) in [4.78, 5) is 25.4. The van der Waals surface area contributed by atoms with Crippen LogP contribution in [0.2, 0.25) is 0 Å². The highest BCUT2D eigenvalue weighted by atomic mass is 19.1. The fourth-order valence-corrected chi connectivity index (χ4v) is 2.72. The van der Waals surface area contributed by atoms with Gasteiger partial charge in [0.05, 0.1) is 5.69 Å². The number of benzene rings is 1. The van der Waals surface area contributed by atoms with Crippen LogP contribution in [0.4, 0.5) is 10.4 Å². The summed E-state index contributed by atoms with van der Waals surface area (Å²) in [6.45, 7) is 1.84. The van der Waals surface area contributed by atoms with Crippen molar-refractivity contribution in [1.29, 1.82) is 5.26 Å². The predicted octanol–water partition coefficient (Wildman–Crippen LogP) is 4.22. The van der Waals surface area contributed by atoms with Gasteiger partial charge in [0.15, 0.2) is 5.89 Å². The van der Waals surface area contributed by atoms with Gasteiger partial charge in [0.25, 0.3) is 5.91 Å². The lowest BCUT2D eigenvalue weighted by molar-refractivity contribution is 0.0993. The van der Waals surface area contributed by atoms with Gasteiger partial charge in [-0.25, -0.2) is 14.4 Å². The van der Waals surface area contributed by atoms with Gasteiger partial charge in [-0.05, 0) is 36.4 Å². The summed E-state index contributed by atoms with van der Waals surface area (Å²) < 4.78 is 24.1. The highest BCUT2D eigenvalue weighted by Crippen LogP contribution is 2.26. The number of anilines is 1. The van der Waals surface area contributed by atoms with Crippen LogP contribution in [0.1, 0.15) is 29.1 Å². The number of amides is 1. The number of carbonyl (C=O) groups is 1. The Morgan fingerprint density at radius 1 is 1.13 bits per heavy atom. The van der Waals surface area contributed by atoms with Crippen molar-refractivity contribution in [1.82, 2.24) is 15.0 Å². The van der Waals surface area contributed by atoms with E-state index >= 15 is 0 Å². The second-order valence-electron chi connectivity index (χ2n) is 6.16. The third-order valence-corrected chi connectivity index (χ3v) is 4.15. The smallest absolute Gasteiger partial charge is 0.302 e. The number of pyridine rings is 1. The Kier molecular flexibility index (Phi) is 5.05. The van der Waals surface area contributed by atoms with Gasteiger partial charge in [-0.3, -0.25) is 10.1 Å². The van der Waals surface area contributed by atoms with Crippen molar-refractivity contribution < 1.29 is 18.0 Å². The number of aromatic nitrogens is 3. The first-order valence-corrected chi connectivity index (χ1v) is 8.97. The van der Waals surface area contributed by atoms with Gasteiger partial charge in [0.1, 0.15) is 35.2 Å². The Balaban J connectivity index is 1.60. The van der Waals surface area contributed by atoms with E-state index in [0.29, 0.717) is 35.0 Å². The molecule has 1 N–H and O–H groups in total. The van der Waals surface area contributed by atoms with Crippen LogP contribution in [0.25, 0.3) is 22.6 Å². The van der Waals surface area contributed by atoms with Gasteiger partial charge in [-0.1, -0.05) is 13.0 Å². The molecule has 0 atom stereocenters. The van der Waals surface area contributed by atoms with E-state index in [9.17, 15) is 9.18 Å². The standard InChI is InChI=1S/C21H14FN5O3/c1-2-17-26-18(12-6-8-13(22)9-7-12)19(30-17)20(28)27-21-25-16(11-29-21)15-5-3-4-14(10-23)24-15/h3-9,11H,2H2,1H3,(H,25,27,28). The molecule has 0 radical (unpaired) electrons. The Morgan fingerprint density at radius 3 is 2.67 bits per heavy atom. The number of aryl methyl sites for hydroxylation is 1. The van der Waals surface area contributed by atoms with Crippen LogP contribution in [-0.4, -0.2) is 20.9 Å². The minimum absolute atomic E-state index is 0.0391. The van der Waals surface area contributed by atoms with Crippen molar-refractivity contribution in [2.24, 2.45) is 0 Å². The summed E-state index contributed by atoms with van der Waals surface area (Å²) in [5.41, 5.74) is 1.85. The molecule has 1 aromatic carbocycles. The lowest BCUT2D eigenvalue weighted by atomic mass is 10.1. The number of nitriles is 1. The molecule has 4 rings (SSSR count). The molecule has 0 aliphatic heterocycles. The largest absolute Gasteiger partial charge is 0.435 e. The molecule has 0 spiro atoms. The summed E-state index contributed by atoms with van der Waals surface area (Å²) in [5, 5.41) is 11.5. The maximum Gasteiger partial charge on any atom is 0.302 e. The van der Waals surface area contributed by atoms with Gasteiger partial charge in [-0.2, -0.15) is 10.2 Å². The van der Waals surface area contributed by atoms with E-state index in [1.165, 1.54) is 30.5 Å². The van der Waals surface area contributed by atoms with Crippen LogP contribution in [0.5, 0.6) is 0 Å². The lowest BCUT2D eigenvalue weighted by Crippen LogP contribution is -2.12. The van der Waals surface area contributed by atoms with Crippen LogP contribution in [0, 0.1) is 17.1 Å². The van der Waals surface area contributed by atoms with Crippen LogP contribution in [0.15, 0.2) is 57.6 Å². The molecule has 148 valence electrons. The van der Waals surface area contributed by atoms with Crippen LogP contribution in [-0.2, 0) is 6.42 Å². The number of nitrogens with zero attached hydrogens (tertiary/aromatic N) is 4. The highest BCUT2D eigenvalue weighted by Gasteiger charge is 2.23. The third-order valence-electron chi connectivity index (χ3n) is 4.15. The number of halogens is 1. The molecule has 3 heterocycles. The number of rotatable bonds is 5. The van der Waals surface area contributed by atoms with Gasteiger partial charge in [-0.15, -0.1) is 0 Å². The molecule has 0 bridgehead atoms. The molecule has 3 aromatic heterocycles. The van der Waals surface area contributed by atoms with E-state index in [4.69, 9.17) is 14.1 Å². The van der Waals surface area contributed by atoms with E-state index in [0.717, 1.165) is 0 Å². The van der Waals surface area contributed by atoms with E-state index < -0.39 is 11.7 Å². The molecule has 1 amide bonds. The average Bonchev–Trinajstić information content (AvgIpc) is 3.41. The fraction of sp³-hybridized carbons (Fsp3) is 0.0952. The normalized spacial score (nSPS) is 10.6. The van der Waals surface area contributed by atoms with Crippen molar-refractivity contribution in [2.75, 3.05) is 5.32 Å². The zero-order chi connectivity index (χ0) is 21.1. The number of hydrogen-bond donors (Lipinski definition) is 1. The summed E-state index contributed by atoms with van der Waals surface area (Å²) in [5.74, 6) is -0.688. The molecule has 0 fully saturated rings. The minimum atomic E-state index is -0.617. The first-order chi connectivity index (χ1) is 14.6. The fourth-order valence-electron chi connectivity index (χ4n) is 2.72. The Labute approximate surface area is 170 Å². The van der Waals surface area contributed by atoms with Crippen LogP contribution >= 0.6 is 0 Å². The molecular formula is C21H14FN5O3. The van der Waals surface area contributed by atoms with E-state index in [2.05, 4.69) is 20.3 Å². The molecule has 30 heavy (non-hydrogen) atoms. The van der Waals surface area contributed by atoms with Crippen molar-refractivity contribution in [3.8, 4) is 28.7 Å². The monoisotopic (exact) mass is 403 g/mol. The third kappa shape index (κ3) is 3.79. The predicted molar refractivity (Wildman–Crippen MR) is 104 cm³/mol. The quantitative estimate of drug-likeness (QED) is 0.530. The molecule has 0 aliphatic rings. The summed E-state index contributed by atoms with van der Waals surface area (Å²) >= 11 is 0. The first kappa shape index (κ1) is 19.0. The van der Waals surface area contributed by atoms with Gasteiger partial charge in [0, 0.05) is 12.0 Å². The summed E-state index contributed by atoms with van der Waals surface area (Å²) in [6, 6.07) is 12.4. The van der Waals surface area contributed by atoms with E-state index in [-0.39, 0.29) is 17.5 Å². The Morgan fingerprint density at radius 2 is 1.93 bits per heavy atom. The average molecular weight is 403 g/mol. The molecule has 8 nitrogen and oxygen atoms in total. The van der Waals surface area contributed by atoms with E-state index in [1.54, 1.807) is 18.2 Å².